The Labute approximate surface area is 291 Å². The third kappa shape index (κ3) is 7.67. The van der Waals surface area contributed by atoms with Crippen molar-refractivity contribution in [2.24, 2.45) is 0 Å². The van der Waals surface area contributed by atoms with Gasteiger partial charge in [-0.2, -0.15) is 0 Å². The van der Waals surface area contributed by atoms with E-state index in [9.17, 15) is 22.4 Å². The van der Waals surface area contributed by atoms with Crippen LogP contribution in [0.15, 0.2) is 77.8 Å². The summed E-state index contributed by atoms with van der Waals surface area (Å²) in [6.45, 7) is 3.27. The minimum absolute atomic E-state index is 0.0865. The Bertz CT molecular complexity index is 2200. The molecule has 266 valence electrons. The van der Waals surface area contributed by atoms with Crippen LogP contribution in [-0.2, 0) is 26.1 Å². The minimum Gasteiger partial charge on any atom is -0.461 e. The first-order valence-electron chi connectivity index (χ1n) is 16.3. The van der Waals surface area contributed by atoms with Crippen LogP contribution >= 0.6 is 0 Å². The van der Waals surface area contributed by atoms with Gasteiger partial charge in [-0.3, -0.25) is 0 Å². The molecule has 0 spiro atoms. The number of hydrogen-bond acceptors (Lipinski definition) is 9. The van der Waals surface area contributed by atoms with Gasteiger partial charge in [-0.05, 0) is 63.3 Å². The molecule has 2 heterocycles. The Hall–Kier alpha value is -5.44. The normalized spacial score (nSPS) is 16.1. The average molecular weight is 722 g/mol. The molecule has 1 aliphatic rings. The Morgan fingerprint density at radius 1 is 0.961 bits per heavy atom. The predicted octanol–water partition coefficient (Wildman–Crippen LogP) is 6.89. The lowest BCUT2D eigenvalue weighted by Crippen LogP contribution is -2.42. The Kier molecular flexibility index (Phi) is 10.3. The number of esters is 1. The number of fused-ring (bicyclic) bond motifs is 1. The smallest absolute Gasteiger partial charge is 0.407 e. The summed E-state index contributed by atoms with van der Waals surface area (Å²) < 4.78 is 84.6. The van der Waals surface area contributed by atoms with Gasteiger partial charge in [0.1, 0.15) is 17.9 Å². The van der Waals surface area contributed by atoms with Crippen LogP contribution < -0.4 is 10.6 Å². The molecule has 3 aromatic carbocycles. The van der Waals surface area contributed by atoms with Gasteiger partial charge >= 0.3 is 12.1 Å². The lowest BCUT2D eigenvalue weighted by Gasteiger charge is -2.30. The number of carbonyl (C=O) groups excluding carboxylic acids is 2. The summed E-state index contributed by atoms with van der Waals surface area (Å²) in [5, 5.41) is 5.60. The summed E-state index contributed by atoms with van der Waals surface area (Å²) in [5.74, 6) is -5.26. The fraction of sp³-hybridized carbons (Fsp3) is 0.278. The number of benzene rings is 3. The Morgan fingerprint density at radius 3 is 2.41 bits per heavy atom. The van der Waals surface area contributed by atoms with Gasteiger partial charge in [0.25, 0.3) is 10.0 Å². The van der Waals surface area contributed by atoms with Gasteiger partial charge in [-0.25, -0.2) is 45.1 Å². The predicted molar refractivity (Wildman–Crippen MR) is 182 cm³/mol. The summed E-state index contributed by atoms with van der Waals surface area (Å²) in [6.07, 6.45) is 2.58. The second-order valence-electron chi connectivity index (χ2n) is 12.1. The molecule has 2 aromatic heterocycles. The quantitative estimate of drug-likeness (QED) is 0.148. The molecule has 1 saturated carbocycles. The third-order valence-corrected chi connectivity index (χ3v) is 10.1. The second-order valence-corrected chi connectivity index (χ2v) is 13.9. The number of amides is 1. The molecule has 0 saturated heterocycles. The molecule has 1 aliphatic carbocycles. The molecule has 6 rings (SSSR count). The molecule has 51 heavy (non-hydrogen) atoms. The number of anilines is 1. The van der Waals surface area contributed by atoms with Crippen LogP contribution in [0.1, 0.15) is 54.2 Å². The van der Waals surface area contributed by atoms with Crippen LogP contribution in [0.5, 0.6) is 0 Å². The SMILES string of the molecule is CCOC(=O)c1nc(-c2cn(S(=O)(=O)c3ccc(C)cc3)c3c(F)cc(F)cc23)nc(N[C@@H]2CCC[C@H](NC(=O)OCc3ccccc3)C2)c1F. The zero-order valence-corrected chi connectivity index (χ0v) is 28.5. The van der Waals surface area contributed by atoms with Gasteiger partial charge in [-0.1, -0.05) is 48.0 Å². The lowest BCUT2D eigenvalue weighted by atomic mass is 9.91. The molecular weight excluding hydrogens is 687 g/mol. The van der Waals surface area contributed by atoms with Crippen molar-refractivity contribution in [3.8, 4) is 11.4 Å². The van der Waals surface area contributed by atoms with Gasteiger partial charge in [-0.15, -0.1) is 0 Å². The van der Waals surface area contributed by atoms with Gasteiger partial charge < -0.3 is 20.1 Å². The summed E-state index contributed by atoms with van der Waals surface area (Å²) in [6, 6.07) is 15.7. The van der Waals surface area contributed by atoms with E-state index >= 15 is 8.78 Å². The summed E-state index contributed by atoms with van der Waals surface area (Å²) in [4.78, 5) is 33.7. The Balaban J connectivity index is 1.35. The number of nitrogens with one attached hydrogen (secondary N) is 2. The largest absolute Gasteiger partial charge is 0.461 e. The number of aromatic nitrogens is 3. The highest BCUT2D eigenvalue weighted by Crippen LogP contribution is 2.35. The maximum Gasteiger partial charge on any atom is 0.407 e. The summed E-state index contributed by atoms with van der Waals surface area (Å²) >= 11 is 0. The fourth-order valence-corrected chi connectivity index (χ4v) is 7.39. The van der Waals surface area contributed by atoms with Crippen molar-refractivity contribution in [1.82, 2.24) is 19.3 Å². The number of nitrogens with zero attached hydrogens (tertiary/aromatic N) is 3. The van der Waals surface area contributed by atoms with E-state index in [-0.39, 0.29) is 40.9 Å². The lowest BCUT2D eigenvalue weighted by molar-refractivity contribution is 0.0513. The Morgan fingerprint density at radius 2 is 1.69 bits per heavy atom. The van der Waals surface area contributed by atoms with E-state index < -0.39 is 62.6 Å². The molecule has 0 radical (unpaired) electrons. The van der Waals surface area contributed by atoms with Crippen molar-refractivity contribution in [1.29, 1.82) is 0 Å². The van der Waals surface area contributed by atoms with Crippen molar-refractivity contribution in [2.45, 2.75) is 63.1 Å². The highest BCUT2D eigenvalue weighted by atomic mass is 32.2. The van der Waals surface area contributed by atoms with Crippen LogP contribution in [-0.4, -0.2) is 53.1 Å². The van der Waals surface area contributed by atoms with Crippen molar-refractivity contribution in [2.75, 3.05) is 11.9 Å². The number of rotatable bonds is 10. The number of alkyl carbamates (subject to hydrolysis) is 1. The van der Waals surface area contributed by atoms with Gasteiger partial charge in [0.05, 0.1) is 11.5 Å². The summed E-state index contributed by atoms with van der Waals surface area (Å²) in [5.41, 5.74) is 0.169. The van der Waals surface area contributed by atoms with Crippen LogP contribution in [0.25, 0.3) is 22.3 Å². The van der Waals surface area contributed by atoms with E-state index in [1.165, 1.54) is 19.1 Å². The maximum atomic E-state index is 16.0. The zero-order valence-electron chi connectivity index (χ0n) is 27.7. The zero-order chi connectivity index (χ0) is 36.3. The van der Waals surface area contributed by atoms with E-state index in [2.05, 4.69) is 20.6 Å². The molecule has 0 aliphatic heterocycles. The molecule has 1 fully saturated rings. The number of hydrogen-bond donors (Lipinski definition) is 2. The van der Waals surface area contributed by atoms with Crippen molar-refractivity contribution in [3.05, 3.63) is 107 Å². The first-order valence-corrected chi connectivity index (χ1v) is 17.7. The van der Waals surface area contributed by atoms with Crippen LogP contribution in [0, 0.1) is 24.4 Å². The molecule has 2 atom stereocenters. The fourth-order valence-electron chi connectivity index (χ4n) is 6.01. The molecular formula is C36H34F3N5O6S. The van der Waals surface area contributed by atoms with Crippen molar-refractivity contribution >= 4 is 38.8 Å². The second kappa shape index (κ2) is 14.8. The van der Waals surface area contributed by atoms with E-state index in [1.54, 1.807) is 19.1 Å². The molecule has 2 N–H and O–H groups in total. The average Bonchev–Trinajstić information content (AvgIpc) is 3.50. The number of aryl methyl sites for hydroxylation is 1. The number of halogens is 3. The minimum atomic E-state index is -4.44. The van der Waals surface area contributed by atoms with E-state index in [1.807, 2.05) is 30.3 Å². The molecule has 15 heteroatoms. The monoisotopic (exact) mass is 721 g/mol. The van der Waals surface area contributed by atoms with Crippen molar-refractivity contribution in [3.63, 3.8) is 0 Å². The number of ether oxygens (including phenoxy) is 2. The maximum absolute atomic E-state index is 16.0. The topological polar surface area (TPSA) is 142 Å². The van der Waals surface area contributed by atoms with Gasteiger partial charge in [0, 0.05) is 35.3 Å². The van der Waals surface area contributed by atoms with Gasteiger partial charge in [0.2, 0.25) is 0 Å². The highest BCUT2D eigenvalue weighted by molar-refractivity contribution is 7.90. The summed E-state index contributed by atoms with van der Waals surface area (Å²) in [7, 11) is -4.44. The van der Waals surface area contributed by atoms with Crippen LogP contribution in [0.3, 0.4) is 0 Å². The third-order valence-electron chi connectivity index (χ3n) is 8.47. The number of carbonyl (C=O) groups is 2. The molecule has 1 amide bonds. The van der Waals surface area contributed by atoms with Gasteiger partial charge in [0.15, 0.2) is 29.0 Å². The van der Waals surface area contributed by atoms with Crippen LogP contribution in [0.2, 0.25) is 0 Å². The first-order chi connectivity index (χ1) is 24.4. The van der Waals surface area contributed by atoms with E-state index in [0.29, 0.717) is 35.7 Å². The molecule has 5 aromatic rings. The van der Waals surface area contributed by atoms with E-state index in [0.717, 1.165) is 23.4 Å². The standard InChI is InChI=1S/C36H34F3N5O6S/c1-3-49-35(45)31-30(39)34(40-24-10-7-11-25(18-24)41-36(46)50-20-22-8-5-4-6-9-22)43-33(42-31)28-19-44(32-27(28)16-23(37)17-29(32)38)51(47,48)26-14-12-21(2)13-15-26/h4-6,8-9,12-17,19,24-25H,3,7,10-11,18,20H2,1-2H3,(H,41,46)(H,40,42,43)/t24-,25+/m1/s1. The highest BCUT2D eigenvalue weighted by Gasteiger charge is 2.30. The molecule has 0 unspecified atom stereocenters. The van der Waals surface area contributed by atoms with Crippen LogP contribution in [0.4, 0.5) is 23.8 Å². The van der Waals surface area contributed by atoms with Crippen molar-refractivity contribution < 1.29 is 40.7 Å². The molecule has 0 bridgehead atoms. The molecule has 11 nitrogen and oxygen atoms in total. The first kappa shape index (κ1) is 35.4. The van der Waals surface area contributed by atoms with E-state index in [4.69, 9.17) is 9.47 Å².